The Morgan fingerprint density at radius 3 is 2.57 bits per heavy atom. The third-order valence-corrected chi connectivity index (χ3v) is 4.67. The number of methoxy groups -OCH3 is 1. The van der Waals surface area contributed by atoms with Crippen molar-refractivity contribution in [3.8, 4) is 11.5 Å². The fraction of sp³-hybridized carbons (Fsp3) is 0.304. The second-order valence-electron chi connectivity index (χ2n) is 7.16. The van der Waals surface area contributed by atoms with Gasteiger partial charge in [0.25, 0.3) is 5.91 Å². The topological polar surface area (TPSA) is 60.5 Å². The summed E-state index contributed by atoms with van der Waals surface area (Å²) in [6.07, 6.45) is 1.06. The lowest BCUT2D eigenvalue weighted by atomic mass is 10.0. The summed E-state index contributed by atoms with van der Waals surface area (Å²) in [5, 5.41) is 3.78. The van der Waals surface area contributed by atoms with Gasteiger partial charge in [0, 0.05) is 11.6 Å². The maximum absolute atomic E-state index is 12.8. The van der Waals surface area contributed by atoms with Crippen molar-refractivity contribution in [2.24, 2.45) is 0 Å². The SMILES string of the molecule is COc1ccc(NC(=O)[C@@H](C)Oc2cc(C)ccc2C(C)C)c2cccnc12. The van der Waals surface area contributed by atoms with E-state index in [0.717, 1.165) is 22.3 Å². The Hall–Kier alpha value is -3.08. The van der Waals surface area contributed by atoms with Crippen molar-refractivity contribution in [1.82, 2.24) is 4.98 Å². The van der Waals surface area contributed by atoms with Crippen LogP contribution in [0.4, 0.5) is 5.69 Å². The molecule has 28 heavy (non-hydrogen) atoms. The highest BCUT2D eigenvalue weighted by atomic mass is 16.5. The molecule has 0 spiro atoms. The van der Waals surface area contributed by atoms with Crippen LogP contribution in [-0.4, -0.2) is 24.1 Å². The van der Waals surface area contributed by atoms with E-state index in [1.165, 1.54) is 0 Å². The summed E-state index contributed by atoms with van der Waals surface area (Å²) in [6.45, 7) is 7.99. The van der Waals surface area contributed by atoms with Crippen LogP contribution in [0.25, 0.3) is 10.9 Å². The molecule has 1 aromatic heterocycles. The first-order valence-electron chi connectivity index (χ1n) is 9.40. The number of fused-ring (bicyclic) bond motifs is 1. The summed E-state index contributed by atoms with van der Waals surface area (Å²) in [4.78, 5) is 17.2. The van der Waals surface area contributed by atoms with E-state index in [2.05, 4.69) is 36.3 Å². The van der Waals surface area contributed by atoms with E-state index >= 15 is 0 Å². The number of amides is 1. The first-order valence-corrected chi connectivity index (χ1v) is 9.40. The number of aryl methyl sites for hydroxylation is 1. The van der Waals surface area contributed by atoms with Crippen molar-refractivity contribution >= 4 is 22.5 Å². The Balaban J connectivity index is 1.83. The van der Waals surface area contributed by atoms with Gasteiger partial charge >= 0.3 is 0 Å². The quantitative estimate of drug-likeness (QED) is 0.650. The maximum atomic E-state index is 12.8. The van der Waals surface area contributed by atoms with Crippen LogP contribution in [0.3, 0.4) is 0 Å². The molecule has 1 N–H and O–H groups in total. The van der Waals surface area contributed by atoms with E-state index in [1.807, 2.05) is 31.2 Å². The number of anilines is 1. The number of aromatic nitrogens is 1. The number of rotatable bonds is 6. The van der Waals surface area contributed by atoms with Gasteiger partial charge in [-0.2, -0.15) is 0 Å². The largest absolute Gasteiger partial charge is 0.494 e. The van der Waals surface area contributed by atoms with E-state index in [4.69, 9.17) is 9.47 Å². The number of hydrogen-bond acceptors (Lipinski definition) is 4. The number of ether oxygens (including phenoxy) is 2. The van der Waals surface area contributed by atoms with Crippen molar-refractivity contribution in [1.29, 1.82) is 0 Å². The summed E-state index contributed by atoms with van der Waals surface area (Å²) in [7, 11) is 1.60. The van der Waals surface area contributed by atoms with Gasteiger partial charge in [0.15, 0.2) is 6.10 Å². The summed E-state index contributed by atoms with van der Waals surface area (Å²) >= 11 is 0. The minimum atomic E-state index is -0.645. The Bertz CT molecular complexity index is 998. The zero-order chi connectivity index (χ0) is 20.3. The molecule has 1 atom stereocenters. The van der Waals surface area contributed by atoms with E-state index in [1.54, 1.807) is 26.3 Å². The molecule has 5 nitrogen and oxygen atoms in total. The van der Waals surface area contributed by atoms with Crippen LogP contribution in [0.1, 0.15) is 37.8 Å². The highest BCUT2D eigenvalue weighted by Gasteiger charge is 2.19. The highest BCUT2D eigenvalue weighted by Crippen LogP contribution is 2.31. The zero-order valence-corrected chi connectivity index (χ0v) is 16.9. The van der Waals surface area contributed by atoms with E-state index in [0.29, 0.717) is 22.9 Å². The van der Waals surface area contributed by atoms with Crippen LogP contribution in [0.2, 0.25) is 0 Å². The molecule has 146 valence electrons. The fourth-order valence-electron chi connectivity index (χ4n) is 3.12. The Morgan fingerprint density at radius 2 is 1.86 bits per heavy atom. The summed E-state index contributed by atoms with van der Waals surface area (Å²) in [6, 6.07) is 13.5. The Morgan fingerprint density at radius 1 is 1.07 bits per heavy atom. The molecule has 3 aromatic rings. The van der Waals surface area contributed by atoms with Gasteiger partial charge in [-0.15, -0.1) is 0 Å². The molecule has 0 saturated heterocycles. The first kappa shape index (κ1) is 19.7. The number of nitrogens with one attached hydrogen (secondary N) is 1. The van der Waals surface area contributed by atoms with E-state index in [9.17, 15) is 4.79 Å². The molecule has 1 amide bonds. The second kappa shape index (κ2) is 8.30. The van der Waals surface area contributed by atoms with E-state index < -0.39 is 6.10 Å². The third-order valence-electron chi connectivity index (χ3n) is 4.67. The van der Waals surface area contributed by atoms with Gasteiger partial charge in [-0.25, -0.2) is 0 Å². The lowest BCUT2D eigenvalue weighted by Gasteiger charge is -2.20. The molecule has 0 aliphatic carbocycles. The normalized spacial score (nSPS) is 12.1. The molecule has 0 unspecified atom stereocenters. The summed E-state index contributed by atoms with van der Waals surface area (Å²) in [5.74, 6) is 1.51. The first-order chi connectivity index (χ1) is 13.4. The van der Waals surface area contributed by atoms with Crippen LogP contribution in [0, 0.1) is 6.92 Å². The van der Waals surface area contributed by atoms with Crippen molar-refractivity contribution in [2.75, 3.05) is 12.4 Å². The molecule has 0 bridgehead atoms. The number of benzene rings is 2. The number of nitrogens with zero attached hydrogens (tertiary/aromatic N) is 1. The van der Waals surface area contributed by atoms with Gasteiger partial charge in [0.1, 0.15) is 17.0 Å². The van der Waals surface area contributed by atoms with Crippen molar-refractivity contribution in [3.63, 3.8) is 0 Å². The molecule has 5 heteroatoms. The molecule has 0 aliphatic heterocycles. The van der Waals surface area contributed by atoms with Gasteiger partial charge in [-0.1, -0.05) is 26.0 Å². The summed E-state index contributed by atoms with van der Waals surface area (Å²) < 4.78 is 11.4. The lowest BCUT2D eigenvalue weighted by Crippen LogP contribution is -2.30. The van der Waals surface area contributed by atoms with Gasteiger partial charge in [0.2, 0.25) is 0 Å². The number of pyridine rings is 1. The molecule has 1 heterocycles. The Labute approximate surface area is 165 Å². The van der Waals surface area contributed by atoms with Crippen LogP contribution in [0.15, 0.2) is 48.7 Å². The smallest absolute Gasteiger partial charge is 0.265 e. The van der Waals surface area contributed by atoms with Crippen molar-refractivity contribution < 1.29 is 14.3 Å². The predicted molar refractivity (Wildman–Crippen MR) is 112 cm³/mol. The van der Waals surface area contributed by atoms with Crippen LogP contribution < -0.4 is 14.8 Å². The van der Waals surface area contributed by atoms with Gasteiger partial charge in [-0.05, 0) is 61.2 Å². The van der Waals surface area contributed by atoms with Gasteiger partial charge in [-0.3, -0.25) is 9.78 Å². The fourth-order valence-corrected chi connectivity index (χ4v) is 3.12. The van der Waals surface area contributed by atoms with Gasteiger partial charge in [0.05, 0.1) is 12.8 Å². The molecular formula is C23H26N2O3. The van der Waals surface area contributed by atoms with Crippen LogP contribution >= 0.6 is 0 Å². The minimum absolute atomic E-state index is 0.216. The molecule has 2 aromatic carbocycles. The lowest BCUT2D eigenvalue weighted by molar-refractivity contribution is -0.122. The monoisotopic (exact) mass is 378 g/mol. The molecule has 3 rings (SSSR count). The predicted octanol–water partition coefficient (Wildman–Crippen LogP) is 5.08. The van der Waals surface area contributed by atoms with Gasteiger partial charge < -0.3 is 14.8 Å². The molecule has 0 radical (unpaired) electrons. The molecule has 0 fully saturated rings. The number of carbonyl (C=O) groups is 1. The molecular weight excluding hydrogens is 352 g/mol. The van der Waals surface area contributed by atoms with E-state index in [-0.39, 0.29) is 5.91 Å². The number of carbonyl (C=O) groups excluding carboxylic acids is 1. The molecule has 0 saturated carbocycles. The standard InChI is InChI=1S/C23H26N2O3/c1-14(2)17-9-8-15(3)13-21(17)28-16(4)23(26)25-19-10-11-20(27-5)22-18(19)7-6-12-24-22/h6-14,16H,1-5H3,(H,25,26)/t16-/m1/s1. The summed E-state index contributed by atoms with van der Waals surface area (Å²) in [5.41, 5.74) is 3.57. The average Bonchev–Trinajstić information content (AvgIpc) is 2.68. The van der Waals surface area contributed by atoms with Crippen LogP contribution in [0.5, 0.6) is 11.5 Å². The highest BCUT2D eigenvalue weighted by molar-refractivity contribution is 6.04. The Kier molecular flexibility index (Phi) is 5.83. The van der Waals surface area contributed by atoms with Crippen molar-refractivity contribution in [3.05, 3.63) is 59.8 Å². The zero-order valence-electron chi connectivity index (χ0n) is 16.9. The molecule has 0 aliphatic rings. The van der Waals surface area contributed by atoms with Crippen LogP contribution in [-0.2, 0) is 4.79 Å². The minimum Gasteiger partial charge on any atom is -0.494 e. The average molecular weight is 378 g/mol. The number of hydrogen-bond donors (Lipinski definition) is 1. The van der Waals surface area contributed by atoms with Crippen molar-refractivity contribution in [2.45, 2.75) is 39.7 Å². The third kappa shape index (κ3) is 4.09. The second-order valence-corrected chi connectivity index (χ2v) is 7.16. The maximum Gasteiger partial charge on any atom is 0.265 e.